The molecule has 1 rings (SSSR count). The molecule has 0 radical (unpaired) electrons. The van der Waals surface area contributed by atoms with E-state index in [0.29, 0.717) is 30.8 Å². The number of carbonyl (C=O) groups is 2. The van der Waals surface area contributed by atoms with Gasteiger partial charge in [0, 0.05) is 6.42 Å². The summed E-state index contributed by atoms with van der Waals surface area (Å²) in [5.74, 6) is -1.27. The lowest BCUT2D eigenvalue weighted by molar-refractivity contribution is -0.150. The average molecular weight is 375 g/mol. The summed E-state index contributed by atoms with van der Waals surface area (Å²) in [5, 5.41) is 29.1. The quantitative estimate of drug-likeness (QED) is 0.597. The van der Waals surface area contributed by atoms with Crippen molar-refractivity contribution in [3.05, 3.63) is 29.3 Å². The van der Waals surface area contributed by atoms with Crippen LogP contribution >= 0.6 is 0 Å². The van der Waals surface area contributed by atoms with Crippen molar-refractivity contribution in [3.8, 4) is 11.8 Å². The van der Waals surface area contributed by atoms with Gasteiger partial charge in [-0.3, -0.25) is 9.59 Å². The van der Waals surface area contributed by atoms with Gasteiger partial charge in [-0.2, -0.15) is 5.26 Å². The number of carboxylic acid groups (broad SMARTS) is 2. The molecule has 0 aromatic heterocycles. The summed E-state index contributed by atoms with van der Waals surface area (Å²) >= 11 is 0. The maximum atomic E-state index is 12.0. The number of nitriles is 1. The van der Waals surface area contributed by atoms with E-state index in [0.717, 1.165) is 5.56 Å². The molecular weight excluding hydrogens is 346 g/mol. The Kier molecular flexibility index (Phi) is 7.83. The van der Waals surface area contributed by atoms with Crippen molar-refractivity contribution in [2.75, 3.05) is 6.61 Å². The highest BCUT2D eigenvalue weighted by Gasteiger charge is 2.45. The lowest BCUT2D eigenvalue weighted by Crippen LogP contribution is -2.39. The van der Waals surface area contributed by atoms with E-state index in [9.17, 15) is 20.0 Å². The highest BCUT2D eigenvalue weighted by atomic mass is 16.5. The van der Waals surface area contributed by atoms with Gasteiger partial charge in [0.2, 0.25) is 0 Å². The molecular formula is C21H29NO5. The lowest BCUT2D eigenvalue weighted by atomic mass is 9.64. The van der Waals surface area contributed by atoms with Crippen LogP contribution in [0.5, 0.6) is 5.75 Å². The van der Waals surface area contributed by atoms with Crippen molar-refractivity contribution in [2.24, 2.45) is 5.41 Å². The highest BCUT2D eigenvalue weighted by molar-refractivity contribution is 5.75. The van der Waals surface area contributed by atoms with Crippen molar-refractivity contribution >= 4 is 11.9 Å². The molecule has 148 valence electrons. The third-order valence-corrected chi connectivity index (χ3v) is 5.45. The van der Waals surface area contributed by atoms with Crippen LogP contribution in [0.3, 0.4) is 0 Å². The lowest BCUT2D eigenvalue weighted by Gasteiger charge is -2.37. The van der Waals surface area contributed by atoms with E-state index in [2.05, 4.69) is 6.07 Å². The topological polar surface area (TPSA) is 108 Å². The number of nitrogens with zero attached hydrogens (tertiary/aromatic N) is 1. The summed E-state index contributed by atoms with van der Waals surface area (Å²) in [6.07, 6.45) is 0.653. The Morgan fingerprint density at radius 2 is 1.81 bits per heavy atom. The summed E-state index contributed by atoms with van der Waals surface area (Å²) in [6, 6.07) is 7.61. The smallest absolute Gasteiger partial charge is 0.309 e. The van der Waals surface area contributed by atoms with E-state index in [1.165, 1.54) is 0 Å². The number of aliphatic carboxylic acids is 2. The van der Waals surface area contributed by atoms with Crippen LogP contribution < -0.4 is 4.74 Å². The van der Waals surface area contributed by atoms with Crippen LogP contribution in [0.25, 0.3) is 0 Å². The molecule has 0 amide bonds. The number of hydrogen-bond acceptors (Lipinski definition) is 4. The minimum Gasteiger partial charge on any atom is -0.494 e. The molecule has 0 heterocycles. The molecule has 0 aliphatic carbocycles. The predicted octanol–water partition coefficient (Wildman–Crippen LogP) is 4.30. The molecule has 6 nitrogen and oxygen atoms in total. The van der Waals surface area contributed by atoms with Gasteiger partial charge in [0.25, 0.3) is 0 Å². The zero-order valence-electron chi connectivity index (χ0n) is 16.5. The normalized spacial score (nSPS) is 13.4. The Labute approximate surface area is 160 Å². The number of carboxylic acids is 2. The van der Waals surface area contributed by atoms with Crippen molar-refractivity contribution in [1.29, 1.82) is 5.26 Å². The van der Waals surface area contributed by atoms with E-state index in [1.807, 2.05) is 19.9 Å². The summed E-state index contributed by atoms with van der Waals surface area (Å²) in [7, 11) is 0. The minimum absolute atomic E-state index is 0.0568. The van der Waals surface area contributed by atoms with Crippen LogP contribution in [-0.4, -0.2) is 28.8 Å². The van der Waals surface area contributed by atoms with Gasteiger partial charge in [-0.25, -0.2) is 0 Å². The molecule has 1 atom stereocenters. The zero-order chi connectivity index (χ0) is 20.7. The molecule has 0 aliphatic rings. The standard InChI is InChI=1S/C21H29NO5/c1-5-20(6-2,19(25)26)13-21(14-22,11-10-18(23)24)16-8-9-17(27-7-3)15(4)12-16/h8-9,12H,5-7,10-11,13H2,1-4H3,(H,23,24)(H,25,26). The van der Waals surface area contributed by atoms with Gasteiger partial charge in [-0.05, 0) is 56.7 Å². The van der Waals surface area contributed by atoms with Gasteiger partial charge < -0.3 is 14.9 Å². The fourth-order valence-corrected chi connectivity index (χ4v) is 3.54. The number of benzene rings is 1. The monoisotopic (exact) mass is 375 g/mol. The molecule has 27 heavy (non-hydrogen) atoms. The number of aryl methyl sites for hydroxylation is 1. The van der Waals surface area contributed by atoms with Gasteiger partial charge >= 0.3 is 11.9 Å². The van der Waals surface area contributed by atoms with E-state index in [1.54, 1.807) is 26.0 Å². The Morgan fingerprint density at radius 3 is 2.22 bits per heavy atom. The first kappa shape index (κ1) is 22.5. The summed E-state index contributed by atoms with van der Waals surface area (Å²) in [6.45, 7) is 7.83. The molecule has 6 heteroatoms. The number of hydrogen-bond donors (Lipinski definition) is 2. The second-order valence-corrected chi connectivity index (χ2v) is 6.97. The highest BCUT2D eigenvalue weighted by Crippen LogP contribution is 2.45. The summed E-state index contributed by atoms with van der Waals surface area (Å²) in [5.41, 5.74) is -0.808. The van der Waals surface area contributed by atoms with Crippen LogP contribution in [0.4, 0.5) is 0 Å². The van der Waals surface area contributed by atoms with Gasteiger partial charge in [0.05, 0.1) is 23.5 Å². The summed E-state index contributed by atoms with van der Waals surface area (Å²) in [4.78, 5) is 23.2. The molecule has 0 aliphatic heterocycles. The first-order chi connectivity index (χ1) is 12.7. The van der Waals surface area contributed by atoms with E-state index < -0.39 is 22.8 Å². The van der Waals surface area contributed by atoms with Crippen LogP contribution in [0.2, 0.25) is 0 Å². The Hall–Kier alpha value is -2.55. The Morgan fingerprint density at radius 1 is 1.19 bits per heavy atom. The molecule has 0 saturated heterocycles. The zero-order valence-corrected chi connectivity index (χ0v) is 16.5. The molecule has 0 saturated carbocycles. The second kappa shape index (κ2) is 9.40. The Bertz CT molecular complexity index is 718. The van der Waals surface area contributed by atoms with Crippen molar-refractivity contribution in [2.45, 2.75) is 65.2 Å². The summed E-state index contributed by atoms with van der Waals surface area (Å²) < 4.78 is 5.55. The van der Waals surface area contributed by atoms with Crippen molar-refractivity contribution in [3.63, 3.8) is 0 Å². The van der Waals surface area contributed by atoms with Crippen LogP contribution in [0.1, 0.15) is 64.0 Å². The molecule has 1 aromatic rings. The molecule has 0 fully saturated rings. The molecule has 1 aromatic carbocycles. The van der Waals surface area contributed by atoms with E-state index in [-0.39, 0.29) is 19.3 Å². The Balaban J connectivity index is 3.50. The molecule has 0 bridgehead atoms. The van der Waals surface area contributed by atoms with E-state index in [4.69, 9.17) is 9.84 Å². The number of rotatable bonds is 11. The van der Waals surface area contributed by atoms with Crippen LogP contribution in [-0.2, 0) is 15.0 Å². The van der Waals surface area contributed by atoms with Crippen molar-refractivity contribution < 1.29 is 24.5 Å². The van der Waals surface area contributed by atoms with Crippen LogP contribution in [0, 0.1) is 23.7 Å². The third kappa shape index (κ3) is 5.00. The molecule has 1 unspecified atom stereocenters. The first-order valence-corrected chi connectivity index (χ1v) is 9.30. The maximum absolute atomic E-state index is 12.0. The third-order valence-electron chi connectivity index (χ3n) is 5.45. The minimum atomic E-state index is -1.20. The molecule has 0 spiro atoms. The predicted molar refractivity (Wildman–Crippen MR) is 102 cm³/mol. The fraction of sp³-hybridized carbons (Fsp3) is 0.571. The number of ether oxygens (including phenoxy) is 1. The average Bonchev–Trinajstić information content (AvgIpc) is 2.64. The first-order valence-electron chi connectivity index (χ1n) is 9.30. The van der Waals surface area contributed by atoms with Gasteiger partial charge in [0.15, 0.2) is 0 Å². The SMILES string of the molecule is CCOc1ccc(C(C#N)(CCC(=O)O)CC(CC)(CC)C(=O)O)cc1C. The second-order valence-electron chi connectivity index (χ2n) is 6.97. The van der Waals surface area contributed by atoms with Gasteiger partial charge in [0.1, 0.15) is 5.75 Å². The van der Waals surface area contributed by atoms with Crippen molar-refractivity contribution in [1.82, 2.24) is 0 Å². The molecule has 2 N–H and O–H groups in total. The van der Waals surface area contributed by atoms with Crippen LogP contribution in [0.15, 0.2) is 18.2 Å². The fourth-order valence-electron chi connectivity index (χ4n) is 3.54. The van der Waals surface area contributed by atoms with Gasteiger partial charge in [-0.1, -0.05) is 26.0 Å². The van der Waals surface area contributed by atoms with Gasteiger partial charge in [-0.15, -0.1) is 0 Å². The maximum Gasteiger partial charge on any atom is 0.309 e. The van der Waals surface area contributed by atoms with E-state index >= 15 is 0 Å². The largest absolute Gasteiger partial charge is 0.494 e.